The molecule has 0 aliphatic heterocycles. The highest BCUT2D eigenvalue weighted by molar-refractivity contribution is 7.99. The lowest BCUT2D eigenvalue weighted by molar-refractivity contribution is 0.102. The minimum Gasteiger partial charge on any atom is -0.321 e. The maximum absolute atomic E-state index is 12.2. The Morgan fingerprint density at radius 3 is 2.43 bits per heavy atom. The topological polar surface area (TPSA) is 42.0 Å². The number of anilines is 1. The molecule has 0 saturated carbocycles. The van der Waals surface area contributed by atoms with E-state index < -0.39 is 5.76 Å². The van der Waals surface area contributed by atoms with E-state index in [-0.39, 0.29) is 5.91 Å². The van der Waals surface area contributed by atoms with Crippen LogP contribution >= 0.6 is 23.5 Å². The van der Waals surface area contributed by atoms with Crippen molar-refractivity contribution in [3.05, 3.63) is 48.2 Å². The van der Waals surface area contributed by atoms with Crippen molar-refractivity contribution in [3.8, 4) is 0 Å². The molecule has 3 nitrogen and oxygen atoms in total. The second-order valence-corrected chi connectivity index (χ2v) is 5.84. The van der Waals surface area contributed by atoms with Crippen LogP contribution in [0.25, 0.3) is 0 Å². The van der Waals surface area contributed by atoms with Crippen LogP contribution in [-0.4, -0.2) is 22.9 Å². The van der Waals surface area contributed by atoms with Crippen LogP contribution in [0.2, 0.25) is 0 Å². The van der Waals surface area contributed by atoms with E-state index in [0.29, 0.717) is 27.9 Å². The lowest BCUT2D eigenvalue weighted by atomic mass is 10.2. The van der Waals surface area contributed by atoms with Crippen LogP contribution in [0.3, 0.4) is 0 Å². The molecule has 0 radical (unpaired) electrons. The quantitative estimate of drug-likeness (QED) is 0.829. The van der Waals surface area contributed by atoms with Gasteiger partial charge in [-0.1, -0.05) is 11.8 Å². The number of hydrogen-bond donors (Lipinski definition) is 1. The number of carbonyl (C=O) groups excluding carboxylic acids is 1. The van der Waals surface area contributed by atoms with E-state index in [4.69, 9.17) is 0 Å². The molecule has 1 heterocycles. The summed E-state index contributed by atoms with van der Waals surface area (Å²) in [6, 6.07) is 9.61. The van der Waals surface area contributed by atoms with E-state index in [1.165, 1.54) is 36.0 Å². The van der Waals surface area contributed by atoms with Crippen molar-refractivity contribution < 1.29 is 13.6 Å². The Morgan fingerprint density at radius 2 is 1.90 bits per heavy atom. The van der Waals surface area contributed by atoms with E-state index >= 15 is 0 Å². The molecular formula is C14H12F2N2OS2. The van der Waals surface area contributed by atoms with E-state index in [2.05, 4.69) is 10.3 Å². The van der Waals surface area contributed by atoms with Crippen molar-refractivity contribution in [1.82, 2.24) is 4.98 Å². The minimum atomic E-state index is -2.47. The zero-order chi connectivity index (χ0) is 15.2. The fourth-order valence-corrected chi connectivity index (χ4v) is 2.43. The first-order valence-corrected chi connectivity index (χ1v) is 8.05. The minimum absolute atomic E-state index is 0.303. The number of amides is 1. The number of rotatable bonds is 5. The Kier molecular flexibility index (Phi) is 5.58. The number of halogens is 2. The molecule has 1 aromatic heterocycles. The maximum atomic E-state index is 12.2. The van der Waals surface area contributed by atoms with Gasteiger partial charge in [0.2, 0.25) is 0 Å². The van der Waals surface area contributed by atoms with Crippen LogP contribution in [0, 0.1) is 0 Å². The molecule has 1 N–H and O–H groups in total. The molecule has 1 aromatic carbocycles. The number of pyridine rings is 1. The largest absolute Gasteiger partial charge is 0.321 e. The molecule has 0 unspecified atom stereocenters. The lowest BCUT2D eigenvalue weighted by Gasteiger charge is -2.06. The Bertz CT molecular complexity index is 603. The van der Waals surface area contributed by atoms with Crippen molar-refractivity contribution in [1.29, 1.82) is 0 Å². The van der Waals surface area contributed by atoms with E-state index in [0.717, 1.165) is 5.03 Å². The van der Waals surface area contributed by atoms with Crippen molar-refractivity contribution in [3.63, 3.8) is 0 Å². The monoisotopic (exact) mass is 326 g/mol. The normalized spacial score (nSPS) is 10.7. The van der Waals surface area contributed by atoms with E-state index in [1.807, 2.05) is 12.3 Å². The average Bonchev–Trinajstić information content (AvgIpc) is 2.48. The molecule has 2 aromatic rings. The van der Waals surface area contributed by atoms with E-state index in [9.17, 15) is 13.6 Å². The Morgan fingerprint density at radius 1 is 1.19 bits per heavy atom. The van der Waals surface area contributed by atoms with Gasteiger partial charge in [0.05, 0.1) is 16.9 Å². The first-order chi connectivity index (χ1) is 10.1. The van der Waals surface area contributed by atoms with Crippen LogP contribution in [-0.2, 0) is 0 Å². The van der Waals surface area contributed by atoms with Gasteiger partial charge in [0.25, 0.3) is 11.7 Å². The standard InChI is InChI=1S/C14H12F2N2OS2/c1-20-12-7-4-10(8-17-12)18-13(19)9-2-5-11(6-3-9)21-14(15)16/h2-8,14H,1H3,(H,18,19). The summed E-state index contributed by atoms with van der Waals surface area (Å²) in [5.74, 6) is -2.77. The molecule has 0 atom stereocenters. The smallest absolute Gasteiger partial charge is 0.288 e. The van der Waals surface area contributed by atoms with Crippen LogP contribution < -0.4 is 5.32 Å². The van der Waals surface area contributed by atoms with Gasteiger partial charge in [-0.05, 0) is 42.7 Å². The number of nitrogens with zero attached hydrogens (tertiary/aromatic N) is 1. The first kappa shape index (κ1) is 15.8. The third-order valence-electron chi connectivity index (χ3n) is 2.55. The molecule has 0 fully saturated rings. The number of thioether (sulfide) groups is 2. The molecule has 110 valence electrons. The van der Waals surface area contributed by atoms with E-state index in [1.54, 1.807) is 12.3 Å². The SMILES string of the molecule is CSc1ccc(NC(=O)c2ccc(SC(F)F)cc2)cn1. The summed E-state index contributed by atoms with van der Waals surface area (Å²) >= 11 is 1.96. The molecule has 1 amide bonds. The summed E-state index contributed by atoms with van der Waals surface area (Å²) in [5.41, 5.74) is 0.992. The first-order valence-electron chi connectivity index (χ1n) is 5.95. The predicted octanol–water partition coefficient (Wildman–Crippen LogP) is 4.37. The third-order valence-corrected chi connectivity index (χ3v) is 3.93. The number of aromatic nitrogens is 1. The Labute approximate surface area is 129 Å². The van der Waals surface area contributed by atoms with Gasteiger partial charge in [-0.2, -0.15) is 8.78 Å². The number of carbonyl (C=O) groups is 1. The molecule has 2 rings (SSSR count). The molecule has 0 bridgehead atoms. The third kappa shape index (κ3) is 4.71. The molecule has 0 saturated heterocycles. The Hall–Kier alpha value is -1.60. The second-order valence-electron chi connectivity index (χ2n) is 3.95. The van der Waals surface area contributed by atoms with Crippen LogP contribution in [0.1, 0.15) is 10.4 Å². The summed E-state index contributed by atoms with van der Waals surface area (Å²) < 4.78 is 24.4. The van der Waals surface area contributed by atoms with Gasteiger partial charge in [-0.15, -0.1) is 11.8 Å². The van der Waals surface area contributed by atoms with Gasteiger partial charge in [0, 0.05) is 10.5 Å². The number of hydrogen-bond acceptors (Lipinski definition) is 4. The molecule has 0 spiro atoms. The summed E-state index contributed by atoms with van der Waals surface area (Å²) in [7, 11) is 0. The number of nitrogens with one attached hydrogen (secondary N) is 1. The second kappa shape index (κ2) is 7.42. The van der Waals surface area contributed by atoms with Gasteiger partial charge in [0.15, 0.2) is 0 Å². The fourth-order valence-electron chi connectivity index (χ4n) is 1.57. The summed E-state index contributed by atoms with van der Waals surface area (Å²) in [6.07, 6.45) is 3.49. The summed E-state index contributed by atoms with van der Waals surface area (Å²) in [4.78, 5) is 16.6. The molecule has 7 heteroatoms. The molecular weight excluding hydrogens is 314 g/mol. The van der Waals surface area contributed by atoms with Gasteiger partial charge in [0.1, 0.15) is 0 Å². The van der Waals surface area contributed by atoms with Crippen molar-refractivity contribution >= 4 is 35.1 Å². The molecule has 21 heavy (non-hydrogen) atoms. The van der Waals surface area contributed by atoms with Gasteiger partial charge >= 0.3 is 0 Å². The van der Waals surface area contributed by atoms with Crippen LogP contribution in [0.5, 0.6) is 0 Å². The number of benzene rings is 1. The highest BCUT2D eigenvalue weighted by Gasteiger charge is 2.09. The van der Waals surface area contributed by atoms with Crippen LogP contribution in [0.15, 0.2) is 52.5 Å². The van der Waals surface area contributed by atoms with Crippen molar-refractivity contribution in [2.75, 3.05) is 11.6 Å². The van der Waals surface area contributed by atoms with Crippen molar-refractivity contribution in [2.45, 2.75) is 15.7 Å². The van der Waals surface area contributed by atoms with Gasteiger partial charge in [-0.3, -0.25) is 4.79 Å². The van der Waals surface area contributed by atoms with Gasteiger partial charge < -0.3 is 5.32 Å². The predicted molar refractivity (Wildman–Crippen MR) is 82.3 cm³/mol. The zero-order valence-electron chi connectivity index (χ0n) is 11.0. The molecule has 0 aliphatic carbocycles. The summed E-state index contributed by atoms with van der Waals surface area (Å²) in [6.45, 7) is 0. The maximum Gasteiger partial charge on any atom is 0.288 e. The Balaban J connectivity index is 2.02. The van der Waals surface area contributed by atoms with Gasteiger partial charge in [-0.25, -0.2) is 4.98 Å². The fraction of sp³-hybridized carbons (Fsp3) is 0.143. The number of alkyl halides is 2. The van der Waals surface area contributed by atoms with Crippen molar-refractivity contribution in [2.24, 2.45) is 0 Å². The average molecular weight is 326 g/mol. The summed E-state index contributed by atoms with van der Waals surface area (Å²) in [5, 5.41) is 3.57. The zero-order valence-corrected chi connectivity index (χ0v) is 12.7. The lowest BCUT2D eigenvalue weighted by Crippen LogP contribution is -2.11. The molecule has 0 aliphatic rings. The highest BCUT2D eigenvalue weighted by Crippen LogP contribution is 2.25. The van der Waals surface area contributed by atoms with Crippen LogP contribution in [0.4, 0.5) is 14.5 Å². The highest BCUT2D eigenvalue weighted by atomic mass is 32.2.